The molecule has 6 nitrogen and oxygen atoms in total. The topological polar surface area (TPSA) is 78.9 Å². The fraction of sp³-hybridized carbons (Fsp3) is 0.0556. The predicted octanol–water partition coefficient (Wildman–Crippen LogP) is 2.95. The number of rotatable bonds is 4. The minimum atomic E-state index is -0.542. The highest BCUT2D eigenvalue weighted by Gasteiger charge is 2.33. The maximum atomic E-state index is 12.6. The molecule has 1 saturated heterocycles. The maximum Gasteiger partial charge on any atom is 0.285 e. The highest BCUT2D eigenvalue weighted by molar-refractivity contribution is 8.26. The number of phenols is 1. The molecule has 2 amide bonds. The Hall–Kier alpha value is -2.84. The summed E-state index contributed by atoms with van der Waals surface area (Å²) in [4.78, 5) is 25.2. The number of ether oxygens (including phenoxy) is 1. The van der Waals surface area contributed by atoms with E-state index in [0.717, 1.165) is 22.3 Å². The number of benzene rings is 2. The van der Waals surface area contributed by atoms with Crippen molar-refractivity contribution in [1.29, 1.82) is 0 Å². The van der Waals surface area contributed by atoms with Gasteiger partial charge in [0.05, 0.1) is 12.0 Å². The molecule has 1 heterocycles. The fourth-order valence-corrected chi connectivity index (χ4v) is 3.44. The maximum absolute atomic E-state index is 12.6. The lowest BCUT2D eigenvalue weighted by atomic mass is 10.2. The molecule has 3 rings (SSSR count). The molecular formula is C18H14N2O4S2. The summed E-state index contributed by atoms with van der Waals surface area (Å²) < 4.78 is 5.39. The molecule has 1 aliphatic heterocycles. The summed E-state index contributed by atoms with van der Waals surface area (Å²) >= 11 is 6.29. The van der Waals surface area contributed by atoms with Crippen LogP contribution in [0.4, 0.5) is 0 Å². The predicted molar refractivity (Wildman–Crippen MR) is 104 cm³/mol. The van der Waals surface area contributed by atoms with Gasteiger partial charge in [-0.25, -0.2) is 0 Å². The number of nitrogens with one attached hydrogen (secondary N) is 1. The second-order valence-electron chi connectivity index (χ2n) is 5.28. The number of hydrogen-bond acceptors (Lipinski definition) is 6. The Balaban J connectivity index is 1.78. The monoisotopic (exact) mass is 386 g/mol. The number of hydrazine groups is 1. The lowest BCUT2D eigenvalue weighted by molar-refractivity contribution is -0.123. The molecule has 0 aromatic heterocycles. The zero-order valence-electron chi connectivity index (χ0n) is 13.6. The number of aromatic hydroxyl groups is 1. The lowest BCUT2D eigenvalue weighted by Crippen LogP contribution is -2.44. The molecule has 0 unspecified atom stereocenters. The van der Waals surface area contributed by atoms with E-state index in [4.69, 9.17) is 17.0 Å². The van der Waals surface area contributed by atoms with E-state index in [1.165, 1.54) is 24.3 Å². The zero-order chi connectivity index (χ0) is 18.7. The summed E-state index contributed by atoms with van der Waals surface area (Å²) in [5.41, 5.74) is 3.47. The van der Waals surface area contributed by atoms with E-state index >= 15 is 0 Å². The van der Waals surface area contributed by atoms with Crippen LogP contribution in [0.3, 0.4) is 0 Å². The van der Waals surface area contributed by atoms with Gasteiger partial charge in [0.2, 0.25) is 0 Å². The third-order valence-electron chi connectivity index (χ3n) is 3.51. The highest BCUT2D eigenvalue weighted by atomic mass is 32.2. The van der Waals surface area contributed by atoms with Gasteiger partial charge in [0.15, 0.2) is 4.32 Å². The molecule has 0 aliphatic carbocycles. The summed E-state index contributed by atoms with van der Waals surface area (Å²) in [5, 5.41) is 10.5. The van der Waals surface area contributed by atoms with E-state index in [0.29, 0.717) is 10.7 Å². The first-order valence-corrected chi connectivity index (χ1v) is 8.72. The van der Waals surface area contributed by atoms with Crippen LogP contribution in [-0.2, 0) is 4.79 Å². The standard InChI is InChI=1S/C18H14N2O4S2/c1-24-14-7-2-4-11(8-14)9-15-17(23)20(18(25)26-15)19-16(22)12-5-3-6-13(21)10-12/h2-10,21H,1H3,(H,19,22)/b15-9-. The SMILES string of the molecule is COc1cccc(/C=C2\SC(=S)N(NC(=O)c3cccc(O)c3)C2=O)c1. The summed E-state index contributed by atoms with van der Waals surface area (Å²) in [5.74, 6) is -0.330. The number of thioether (sulfide) groups is 1. The fourth-order valence-electron chi connectivity index (χ4n) is 2.26. The molecule has 132 valence electrons. The minimum Gasteiger partial charge on any atom is -0.508 e. The zero-order valence-corrected chi connectivity index (χ0v) is 15.3. The van der Waals surface area contributed by atoms with Crippen molar-refractivity contribution in [2.24, 2.45) is 0 Å². The van der Waals surface area contributed by atoms with Crippen molar-refractivity contribution in [2.45, 2.75) is 0 Å². The van der Waals surface area contributed by atoms with E-state index < -0.39 is 11.8 Å². The number of carbonyl (C=O) groups is 2. The van der Waals surface area contributed by atoms with E-state index in [1.807, 2.05) is 12.1 Å². The molecule has 1 fully saturated rings. The minimum absolute atomic E-state index is 0.0408. The van der Waals surface area contributed by atoms with Crippen LogP contribution in [0.1, 0.15) is 15.9 Å². The van der Waals surface area contributed by atoms with Crippen LogP contribution in [0.25, 0.3) is 6.08 Å². The van der Waals surface area contributed by atoms with E-state index in [-0.39, 0.29) is 15.6 Å². The largest absolute Gasteiger partial charge is 0.508 e. The summed E-state index contributed by atoms with van der Waals surface area (Å²) in [6.07, 6.45) is 1.68. The first-order chi connectivity index (χ1) is 12.5. The molecule has 0 saturated carbocycles. The average molecular weight is 386 g/mol. The van der Waals surface area contributed by atoms with Crippen molar-refractivity contribution in [1.82, 2.24) is 10.4 Å². The normalized spacial score (nSPS) is 15.4. The molecule has 26 heavy (non-hydrogen) atoms. The molecule has 2 aromatic carbocycles. The van der Waals surface area contributed by atoms with Gasteiger partial charge in [-0.15, -0.1) is 0 Å². The highest BCUT2D eigenvalue weighted by Crippen LogP contribution is 2.32. The smallest absolute Gasteiger partial charge is 0.285 e. The number of methoxy groups -OCH3 is 1. The number of carbonyl (C=O) groups excluding carboxylic acids is 2. The van der Waals surface area contributed by atoms with Gasteiger partial charge in [0, 0.05) is 5.56 Å². The van der Waals surface area contributed by atoms with Crippen LogP contribution in [0.15, 0.2) is 53.4 Å². The van der Waals surface area contributed by atoms with Gasteiger partial charge < -0.3 is 9.84 Å². The van der Waals surface area contributed by atoms with Crippen molar-refractivity contribution >= 4 is 46.2 Å². The Morgan fingerprint density at radius 3 is 2.77 bits per heavy atom. The molecule has 0 spiro atoms. The van der Waals surface area contributed by atoms with Crippen molar-refractivity contribution < 1.29 is 19.4 Å². The summed E-state index contributed by atoms with van der Waals surface area (Å²) in [7, 11) is 1.56. The number of phenolic OH excluding ortho intramolecular Hbond substituents is 1. The Morgan fingerprint density at radius 1 is 1.27 bits per heavy atom. The average Bonchev–Trinajstić information content (AvgIpc) is 2.89. The number of thiocarbonyl (C=S) groups is 1. The van der Waals surface area contributed by atoms with Crippen molar-refractivity contribution in [2.75, 3.05) is 7.11 Å². The van der Waals surface area contributed by atoms with Gasteiger partial charge in [0.1, 0.15) is 11.5 Å². The van der Waals surface area contributed by atoms with Gasteiger partial charge in [-0.05, 0) is 54.2 Å². The van der Waals surface area contributed by atoms with Gasteiger partial charge in [-0.1, -0.05) is 30.0 Å². The molecule has 1 aliphatic rings. The molecule has 8 heteroatoms. The quantitative estimate of drug-likeness (QED) is 0.621. The van der Waals surface area contributed by atoms with Gasteiger partial charge in [0.25, 0.3) is 11.8 Å². The molecular weight excluding hydrogens is 372 g/mol. The number of amides is 2. The molecule has 2 aromatic rings. The van der Waals surface area contributed by atoms with Crippen LogP contribution >= 0.6 is 24.0 Å². The Morgan fingerprint density at radius 2 is 2.04 bits per heavy atom. The number of nitrogens with zero attached hydrogens (tertiary/aromatic N) is 1. The van der Waals surface area contributed by atoms with Crippen LogP contribution in [0.2, 0.25) is 0 Å². The summed E-state index contributed by atoms with van der Waals surface area (Å²) in [6.45, 7) is 0. The van der Waals surface area contributed by atoms with Crippen molar-refractivity contribution in [3.8, 4) is 11.5 Å². The molecule has 0 atom stereocenters. The molecule has 0 radical (unpaired) electrons. The Bertz CT molecular complexity index is 927. The third kappa shape index (κ3) is 3.87. The van der Waals surface area contributed by atoms with Crippen molar-refractivity contribution in [3.63, 3.8) is 0 Å². The van der Waals surface area contributed by atoms with Gasteiger partial charge in [-0.3, -0.25) is 15.0 Å². The molecule has 0 bridgehead atoms. The Kier molecular flexibility index (Phi) is 5.24. The van der Waals surface area contributed by atoms with Crippen LogP contribution < -0.4 is 10.2 Å². The van der Waals surface area contributed by atoms with Crippen LogP contribution in [0, 0.1) is 0 Å². The first kappa shape index (κ1) is 18.0. The summed E-state index contributed by atoms with van der Waals surface area (Å²) in [6, 6.07) is 13.1. The third-order valence-corrected chi connectivity index (χ3v) is 4.81. The van der Waals surface area contributed by atoms with E-state index in [1.54, 1.807) is 25.3 Å². The van der Waals surface area contributed by atoms with Gasteiger partial charge in [-0.2, -0.15) is 5.01 Å². The Labute approximate surface area is 159 Å². The van der Waals surface area contributed by atoms with E-state index in [9.17, 15) is 14.7 Å². The second-order valence-corrected chi connectivity index (χ2v) is 6.96. The lowest BCUT2D eigenvalue weighted by Gasteiger charge is -2.15. The van der Waals surface area contributed by atoms with Crippen LogP contribution in [-0.4, -0.2) is 33.4 Å². The number of hydrogen-bond donors (Lipinski definition) is 2. The van der Waals surface area contributed by atoms with Crippen molar-refractivity contribution in [3.05, 3.63) is 64.6 Å². The van der Waals surface area contributed by atoms with E-state index in [2.05, 4.69) is 5.43 Å². The first-order valence-electron chi connectivity index (χ1n) is 7.50. The van der Waals surface area contributed by atoms with Crippen LogP contribution in [0.5, 0.6) is 11.5 Å². The second kappa shape index (κ2) is 7.59. The molecule has 2 N–H and O–H groups in total. The van der Waals surface area contributed by atoms with Gasteiger partial charge >= 0.3 is 0 Å².